The van der Waals surface area contributed by atoms with E-state index in [1.54, 1.807) is 11.8 Å². The fourth-order valence-corrected chi connectivity index (χ4v) is 2.80. The zero-order chi connectivity index (χ0) is 13.3. The molecule has 0 aromatic rings. The van der Waals surface area contributed by atoms with Crippen molar-refractivity contribution in [1.29, 1.82) is 0 Å². The Morgan fingerprint density at radius 2 is 2.06 bits per heavy atom. The number of likely N-dealkylation sites (tertiary alicyclic amines) is 1. The Morgan fingerprint density at radius 3 is 2.44 bits per heavy atom. The maximum Gasteiger partial charge on any atom is 0.306 e. The lowest BCUT2D eigenvalue weighted by Gasteiger charge is -2.46. The smallest absolute Gasteiger partial charge is 0.306 e. The lowest BCUT2D eigenvalue weighted by atomic mass is 9.66. The molecule has 1 atom stereocenters. The van der Waals surface area contributed by atoms with Gasteiger partial charge in [0.15, 0.2) is 0 Å². The Morgan fingerprint density at radius 1 is 1.44 bits per heavy atom. The molecule has 3 N–H and O–H groups in total. The summed E-state index contributed by atoms with van der Waals surface area (Å²) in [5, 5.41) is 8.89. The van der Waals surface area contributed by atoms with E-state index in [0.717, 1.165) is 12.8 Å². The zero-order valence-corrected chi connectivity index (χ0v) is 10.9. The number of aliphatic carboxylic acids is 1. The average Bonchev–Trinajstić information content (AvgIpc) is 2.21. The van der Waals surface area contributed by atoms with Crippen LogP contribution in [0.25, 0.3) is 0 Å². The van der Waals surface area contributed by atoms with Crippen molar-refractivity contribution in [2.75, 3.05) is 19.6 Å². The molecule has 0 aromatic carbocycles. The molecule has 1 heterocycles. The van der Waals surface area contributed by atoms with Gasteiger partial charge in [0.2, 0.25) is 5.91 Å². The number of carbonyl (C=O) groups is 2. The van der Waals surface area contributed by atoms with Gasteiger partial charge in [0.1, 0.15) is 0 Å². The summed E-state index contributed by atoms with van der Waals surface area (Å²) in [4.78, 5) is 24.7. The van der Waals surface area contributed by atoms with E-state index in [4.69, 9.17) is 10.8 Å². The van der Waals surface area contributed by atoms with Gasteiger partial charge in [-0.25, -0.2) is 0 Å². The predicted octanol–water partition coefficient (Wildman–Crippen LogP) is 0.685. The van der Waals surface area contributed by atoms with Crippen LogP contribution >= 0.6 is 0 Å². The molecule has 0 aromatic heterocycles. The van der Waals surface area contributed by atoms with Crippen LogP contribution in [0.15, 0.2) is 0 Å². The minimum Gasteiger partial charge on any atom is -0.481 e. The monoisotopic (exact) mass is 254 g/mol. The van der Waals surface area contributed by atoms with Crippen LogP contribution in [0.1, 0.15) is 32.6 Å². The van der Waals surface area contributed by atoms with Gasteiger partial charge < -0.3 is 15.7 Å². The molecule has 102 valence electrons. The largest absolute Gasteiger partial charge is 0.481 e. The lowest BCUT2D eigenvalue weighted by molar-refractivity contribution is -0.152. The Labute approximate surface area is 107 Å². The van der Waals surface area contributed by atoms with E-state index >= 15 is 0 Å². The number of carbonyl (C=O) groups excluding carboxylic acids is 1. The van der Waals surface area contributed by atoms with Crippen LogP contribution in [0.5, 0.6) is 0 Å². The first kappa shape index (κ1) is 13.3. The van der Waals surface area contributed by atoms with E-state index in [1.807, 2.05) is 0 Å². The number of carboxylic acid groups (broad SMARTS) is 1. The van der Waals surface area contributed by atoms with Crippen molar-refractivity contribution in [2.24, 2.45) is 23.0 Å². The molecule has 5 nitrogen and oxygen atoms in total. The van der Waals surface area contributed by atoms with E-state index < -0.39 is 5.97 Å². The van der Waals surface area contributed by atoms with E-state index in [2.05, 4.69) is 0 Å². The molecule has 1 aliphatic heterocycles. The van der Waals surface area contributed by atoms with Gasteiger partial charge in [0, 0.05) is 25.4 Å². The Bertz CT molecular complexity index is 341. The van der Waals surface area contributed by atoms with Gasteiger partial charge in [-0.05, 0) is 24.8 Å². The lowest BCUT2D eigenvalue weighted by Crippen LogP contribution is -2.55. The second kappa shape index (κ2) is 4.88. The number of rotatable bonds is 5. The number of amides is 1. The number of hydrogen-bond donors (Lipinski definition) is 2. The minimum atomic E-state index is -0.774. The molecule has 2 fully saturated rings. The van der Waals surface area contributed by atoms with E-state index in [9.17, 15) is 9.59 Å². The van der Waals surface area contributed by atoms with Crippen molar-refractivity contribution in [1.82, 2.24) is 4.90 Å². The van der Waals surface area contributed by atoms with Gasteiger partial charge in [0.05, 0.1) is 5.92 Å². The third-order valence-corrected chi connectivity index (χ3v) is 4.73. The molecule has 0 bridgehead atoms. The quantitative estimate of drug-likeness (QED) is 0.756. The van der Waals surface area contributed by atoms with Crippen LogP contribution < -0.4 is 5.73 Å². The average molecular weight is 254 g/mol. The molecule has 2 rings (SSSR count). The van der Waals surface area contributed by atoms with Gasteiger partial charge in [-0.2, -0.15) is 0 Å². The molecular weight excluding hydrogens is 232 g/mol. The summed E-state index contributed by atoms with van der Waals surface area (Å²) in [5.74, 6) is -0.874. The van der Waals surface area contributed by atoms with Crippen LogP contribution in [0.3, 0.4) is 0 Å². The van der Waals surface area contributed by atoms with Gasteiger partial charge in [-0.1, -0.05) is 13.3 Å². The van der Waals surface area contributed by atoms with Crippen LogP contribution in [-0.4, -0.2) is 41.5 Å². The Hall–Kier alpha value is -1.10. The molecular formula is C13H22N2O3. The van der Waals surface area contributed by atoms with Crippen molar-refractivity contribution in [3.05, 3.63) is 0 Å². The van der Waals surface area contributed by atoms with Crippen molar-refractivity contribution in [3.8, 4) is 0 Å². The highest BCUT2D eigenvalue weighted by Crippen LogP contribution is 2.43. The van der Waals surface area contributed by atoms with E-state index in [1.165, 1.54) is 6.42 Å². The Kier molecular flexibility index (Phi) is 3.61. The van der Waals surface area contributed by atoms with Crippen molar-refractivity contribution in [2.45, 2.75) is 32.6 Å². The first-order valence-corrected chi connectivity index (χ1v) is 6.68. The van der Waals surface area contributed by atoms with Crippen LogP contribution in [0, 0.1) is 17.3 Å². The van der Waals surface area contributed by atoms with Crippen molar-refractivity contribution < 1.29 is 14.7 Å². The van der Waals surface area contributed by atoms with Gasteiger partial charge >= 0.3 is 5.97 Å². The molecule has 0 spiro atoms. The predicted molar refractivity (Wildman–Crippen MR) is 66.8 cm³/mol. The van der Waals surface area contributed by atoms with Gasteiger partial charge in [-0.3, -0.25) is 9.59 Å². The summed E-state index contributed by atoms with van der Waals surface area (Å²) in [5.41, 5.74) is 5.79. The maximum absolute atomic E-state index is 12.1. The summed E-state index contributed by atoms with van der Waals surface area (Å²) in [6.45, 7) is 3.48. The molecule has 18 heavy (non-hydrogen) atoms. The topological polar surface area (TPSA) is 83.6 Å². The maximum atomic E-state index is 12.1. The highest BCUT2D eigenvalue weighted by molar-refractivity contribution is 5.78. The molecule has 1 amide bonds. The van der Waals surface area contributed by atoms with Crippen molar-refractivity contribution >= 4 is 11.9 Å². The highest BCUT2D eigenvalue weighted by Gasteiger charge is 2.42. The van der Waals surface area contributed by atoms with Crippen LogP contribution in [0.2, 0.25) is 0 Å². The summed E-state index contributed by atoms with van der Waals surface area (Å²) in [6.07, 6.45) is 3.82. The zero-order valence-electron chi connectivity index (χ0n) is 10.9. The van der Waals surface area contributed by atoms with Crippen molar-refractivity contribution in [3.63, 3.8) is 0 Å². The van der Waals surface area contributed by atoms with E-state index in [0.29, 0.717) is 26.1 Å². The summed E-state index contributed by atoms with van der Waals surface area (Å²) in [7, 11) is 0. The van der Waals surface area contributed by atoms with Crippen LogP contribution in [0.4, 0.5) is 0 Å². The summed E-state index contributed by atoms with van der Waals surface area (Å²) in [6, 6.07) is 0. The standard InChI is InChI=1S/C13H22N2O3/c1-9(12(17)18)10-6-15(7-10)11(16)5-13(8-14)3-2-4-13/h9-10H,2-8,14H2,1H3,(H,17,18). The number of carboxylic acids is 1. The summed E-state index contributed by atoms with van der Waals surface area (Å²) >= 11 is 0. The fraction of sp³-hybridized carbons (Fsp3) is 0.846. The molecule has 1 saturated heterocycles. The molecule has 1 unspecified atom stereocenters. The Balaban J connectivity index is 1.78. The molecule has 1 saturated carbocycles. The summed E-state index contributed by atoms with van der Waals surface area (Å²) < 4.78 is 0. The highest BCUT2D eigenvalue weighted by atomic mass is 16.4. The third-order valence-electron chi connectivity index (χ3n) is 4.73. The van der Waals surface area contributed by atoms with Crippen LogP contribution in [-0.2, 0) is 9.59 Å². The van der Waals surface area contributed by atoms with E-state index in [-0.39, 0.29) is 23.2 Å². The van der Waals surface area contributed by atoms with Gasteiger partial charge in [0.25, 0.3) is 0 Å². The molecule has 0 radical (unpaired) electrons. The molecule has 5 heteroatoms. The number of nitrogens with two attached hydrogens (primary N) is 1. The first-order valence-electron chi connectivity index (χ1n) is 6.68. The second-order valence-corrected chi connectivity index (χ2v) is 5.92. The minimum absolute atomic E-state index is 0.0422. The number of nitrogens with zero attached hydrogens (tertiary/aromatic N) is 1. The third kappa shape index (κ3) is 2.36. The van der Waals surface area contributed by atoms with Gasteiger partial charge in [-0.15, -0.1) is 0 Å². The normalized spacial score (nSPS) is 24.0. The first-order chi connectivity index (χ1) is 8.47. The fourth-order valence-electron chi connectivity index (χ4n) is 2.80. The number of hydrogen-bond acceptors (Lipinski definition) is 3. The SMILES string of the molecule is CC(C(=O)O)C1CN(C(=O)CC2(CN)CCC2)C1. The second-order valence-electron chi connectivity index (χ2n) is 5.92. The molecule has 2 aliphatic rings. The molecule has 1 aliphatic carbocycles.